The smallest absolute Gasteiger partial charge is 0.225 e. The maximum Gasteiger partial charge on any atom is 0.225 e. The molecule has 2 aromatic rings. The van der Waals surface area contributed by atoms with Crippen molar-refractivity contribution in [2.24, 2.45) is 17.6 Å². The first-order valence-corrected chi connectivity index (χ1v) is 9.73. The minimum atomic E-state index is 0.686. The first-order chi connectivity index (χ1) is 12.8. The van der Waals surface area contributed by atoms with E-state index < -0.39 is 0 Å². The van der Waals surface area contributed by atoms with Crippen molar-refractivity contribution in [3.05, 3.63) is 24.3 Å². The second kappa shape index (κ2) is 9.69. The van der Waals surface area contributed by atoms with E-state index in [9.17, 15) is 0 Å². The van der Waals surface area contributed by atoms with Crippen LogP contribution < -0.4 is 16.4 Å². The van der Waals surface area contributed by atoms with Crippen molar-refractivity contribution in [2.45, 2.75) is 32.1 Å². The summed E-state index contributed by atoms with van der Waals surface area (Å²) in [5, 5.41) is 7.95. The van der Waals surface area contributed by atoms with E-state index in [1.165, 1.54) is 25.7 Å². The highest BCUT2D eigenvalue weighted by atomic mass is 16.5. The number of anilines is 2. The maximum atomic E-state index is 5.79. The fourth-order valence-corrected chi connectivity index (χ4v) is 3.62. The lowest BCUT2D eigenvalue weighted by molar-refractivity contribution is 0.198. The van der Waals surface area contributed by atoms with Crippen molar-refractivity contribution in [3.8, 4) is 0 Å². The van der Waals surface area contributed by atoms with E-state index in [1.54, 1.807) is 7.11 Å². The summed E-state index contributed by atoms with van der Waals surface area (Å²) in [7, 11) is 1.73. The Balaban J connectivity index is 1.64. The molecule has 1 aromatic heterocycles. The average Bonchev–Trinajstić information content (AvgIpc) is 2.70. The zero-order chi connectivity index (χ0) is 18.2. The molecule has 142 valence electrons. The Morgan fingerprint density at radius 1 is 1.08 bits per heavy atom. The molecule has 1 aliphatic carbocycles. The summed E-state index contributed by atoms with van der Waals surface area (Å²) in [4.78, 5) is 9.41. The van der Waals surface area contributed by atoms with Gasteiger partial charge in [-0.3, -0.25) is 0 Å². The Hall–Kier alpha value is -1.92. The molecule has 1 aromatic carbocycles. The van der Waals surface area contributed by atoms with E-state index >= 15 is 0 Å². The van der Waals surface area contributed by atoms with Crippen LogP contribution in [0.1, 0.15) is 32.1 Å². The first kappa shape index (κ1) is 18.9. The first-order valence-electron chi connectivity index (χ1n) is 9.73. The molecule has 0 atom stereocenters. The van der Waals surface area contributed by atoms with Crippen LogP contribution in [-0.4, -0.2) is 43.3 Å². The van der Waals surface area contributed by atoms with Gasteiger partial charge in [0.25, 0.3) is 0 Å². The molecular formula is C20H31N5O. The summed E-state index contributed by atoms with van der Waals surface area (Å²) in [6.45, 7) is 3.33. The Bertz CT molecular complexity index is 685. The van der Waals surface area contributed by atoms with Gasteiger partial charge in [-0.1, -0.05) is 12.1 Å². The highest BCUT2D eigenvalue weighted by Gasteiger charge is 2.20. The van der Waals surface area contributed by atoms with Crippen LogP contribution in [0.5, 0.6) is 0 Å². The van der Waals surface area contributed by atoms with Gasteiger partial charge in [-0.15, -0.1) is 0 Å². The van der Waals surface area contributed by atoms with Crippen LogP contribution in [-0.2, 0) is 4.74 Å². The molecule has 0 bridgehead atoms. The SMILES string of the molecule is COCCCNc1nc(NCC2CCC(CN)CC2)nc2ccccc12. The second-order valence-electron chi connectivity index (χ2n) is 7.19. The van der Waals surface area contributed by atoms with Crippen molar-refractivity contribution in [1.82, 2.24) is 9.97 Å². The van der Waals surface area contributed by atoms with E-state index in [4.69, 9.17) is 15.5 Å². The lowest BCUT2D eigenvalue weighted by atomic mass is 9.82. The zero-order valence-corrected chi connectivity index (χ0v) is 15.7. The minimum absolute atomic E-state index is 0.686. The largest absolute Gasteiger partial charge is 0.385 e. The van der Waals surface area contributed by atoms with Crippen LogP contribution in [0.3, 0.4) is 0 Å². The number of ether oxygens (including phenoxy) is 1. The lowest BCUT2D eigenvalue weighted by Crippen LogP contribution is -2.25. The maximum absolute atomic E-state index is 5.79. The molecule has 0 aliphatic heterocycles. The molecule has 1 fully saturated rings. The third-order valence-electron chi connectivity index (χ3n) is 5.27. The topological polar surface area (TPSA) is 85.1 Å². The van der Waals surface area contributed by atoms with E-state index in [0.29, 0.717) is 17.8 Å². The van der Waals surface area contributed by atoms with Gasteiger partial charge in [-0.25, -0.2) is 4.98 Å². The summed E-state index contributed by atoms with van der Waals surface area (Å²) in [6, 6.07) is 8.14. The van der Waals surface area contributed by atoms with Gasteiger partial charge in [0.2, 0.25) is 5.95 Å². The lowest BCUT2D eigenvalue weighted by Gasteiger charge is -2.27. The van der Waals surface area contributed by atoms with Crippen LogP contribution >= 0.6 is 0 Å². The van der Waals surface area contributed by atoms with E-state index in [1.807, 2.05) is 18.2 Å². The molecule has 6 nitrogen and oxygen atoms in total. The predicted octanol–water partition coefficient (Wildman–Crippen LogP) is 3.26. The summed E-state index contributed by atoms with van der Waals surface area (Å²) >= 11 is 0. The van der Waals surface area contributed by atoms with Crippen molar-refractivity contribution in [1.29, 1.82) is 0 Å². The summed E-state index contributed by atoms with van der Waals surface area (Å²) < 4.78 is 5.12. The second-order valence-corrected chi connectivity index (χ2v) is 7.19. The molecule has 4 N–H and O–H groups in total. The molecule has 0 radical (unpaired) electrons. The number of rotatable bonds is 9. The molecule has 1 heterocycles. The molecular weight excluding hydrogens is 326 g/mol. The van der Waals surface area contributed by atoms with Crippen LogP contribution in [0.2, 0.25) is 0 Å². The van der Waals surface area contributed by atoms with Gasteiger partial charge in [0.15, 0.2) is 0 Å². The number of nitrogens with one attached hydrogen (secondary N) is 2. The fraction of sp³-hybridized carbons (Fsp3) is 0.600. The highest BCUT2D eigenvalue weighted by molar-refractivity contribution is 5.89. The molecule has 26 heavy (non-hydrogen) atoms. The molecule has 6 heteroatoms. The van der Waals surface area contributed by atoms with E-state index in [2.05, 4.69) is 21.7 Å². The summed E-state index contributed by atoms with van der Waals surface area (Å²) in [5.41, 5.74) is 6.76. The number of benzene rings is 1. The molecule has 0 saturated heterocycles. The van der Waals surface area contributed by atoms with Gasteiger partial charge in [0, 0.05) is 32.2 Å². The third kappa shape index (κ3) is 5.05. The van der Waals surface area contributed by atoms with Crippen molar-refractivity contribution in [2.75, 3.05) is 44.0 Å². The van der Waals surface area contributed by atoms with Crippen LogP contribution in [0.15, 0.2) is 24.3 Å². The molecule has 0 spiro atoms. The number of hydrogen-bond donors (Lipinski definition) is 3. The standard InChI is InChI=1S/C20H31N5O/c1-26-12-4-11-22-19-17-5-2-3-6-18(17)24-20(25-19)23-14-16-9-7-15(13-21)8-10-16/h2-3,5-6,15-16H,4,7-14,21H2,1H3,(H2,22,23,24,25). The Morgan fingerprint density at radius 3 is 2.62 bits per heavy atom. The minimum Gasteiger partial charge on any atom is -0.385 e. The third-order valence-corrected chi connectivity index (χ3v) is 5.27. The number of aromatic nitrogens is 2. The summed E-state index contributed by atoms with van der Waals surface area (Å²) in [6.07, 6.45) is 5.92. The number of nitrogens with two attached hydrogens (primary N) is 1. The molecule has 1 aliphatic rings. The zero-order valence-electron chi connectivity index (χ0n) is 15.7. The van der Waals surface area contributed by atoms with E-state index in [-0.39, 0.29) is 0 Å². The van der Waals surface area contributed by atoms with Gasteiger partial charge >= 0.3 is 0 Å². The van der Waals surface area contributed by atoms with Crippen molar-refractivity contribution in [3.63, 3.8) is 0 Å². The number of hydrogen-bond acceptors (Lipinski definition) is 6. The highest BCUT2D eigenvalue weighted by Crippen LogP contribution is 2.28. The quantitative estimate of drug-likeness (QED) is 0.597. The van der Waals surface area contributed by atoms with Gasteiger partial charge in [0.1, 0.15) is 5.82 Å². The van der Waals surface area contributed by atoms with Crippen molar-refractivity contribution >= 4 is 22.7 Å². The number of para-hydroxylation sites is 1. The Kier molecular flexibility index (Phi) is 7.03. The number of fused-ring (bicyclic) bond motifs is 1. The predicted molar refractivity (Wildman–Crippen MR) is 108 cm³/mol. The van der Waals surface area contributed by atoms with Crippen LogP contribution in [0.25, 0.3) is 10.9 Å². The van der Waals surface area contributed by atoms with E-state index in [0.717, 1.165) is 49.4 Å². The Morgan fingerprint density at radius 2 is 1.85 bits per heavy atom. The van der Waals surface area contributed by atoms with Gasteiger partial charge in [-0.2, -0.15) is 4.98 Å². The Labute approximate surface area is 155 Å². The van der Waals surface area contributed by atoms with Gasteiger partial charge < -0.3 is 21.1 Å². The fourth-order valence-electron chi connectivity index (χ4n) is 3.62. The average molecular weight is 358 g/mol. The van der Waals surface area contributed by atoms with Gasteiger partial charge in [-0.05, 0) is 62.6 Å². The molecule has 0 unspecified atom stereocenters. The number of nitrogens with zero attached hydrogens (tertiary/aromatic N) is 2. The molecule has 3 rings (SSSR count). The summed E-state index contributed by atoms with van der Waals surface area (Å²) in [5.74, 6) is 3.00. The van der Waals surface area contributed by atoms with Crippen LogP contribution in [0.4, 0.5) is 11.8 Å². The van der Waals surface area contributed by atoms with Crippen molar-refractivity contribution < 1.29 is 4.74 Å². The normalized spacial score (nSPS) is 20.2. The monoisotopic (exact) mass is 357 g/mol. The molecule has 1 saturated carbocycles. The number of methoxy groups -OCH3 is 1. The molecule has 0 amide bonds. The van der Waals surface area contributed by atoms with Crippen LogP contribution in [0, 0.1) is 11.8 Å². The van der Waals surface area contributed by atoms with Gasteiger partial charge in [0.05, 0.1) is 5.52 Å².